The third-order valence-electron chi connectivity index (χ3n) is 3.12. The molecule has 1 unspecified atom stereocenters. The Balaban J connectivity index is 1.74. The molecule has 1 aromatic heterocycles. The van der Waals surface area contributed by atoms with Crippen LogP contribution in [0, 0.1) is 0 Å². The Morgan fingerprint density at radius 3 is 2.75 bits per heavy atom. The standard InChI is InChI=1S/C13H12ClN3O2S/c1-17-7-6-10(12(17)18)20-13-16-15-11(19-13)8-2-4-9(14)5-3-8/h2-5,10H,6-7H2,1H3. The Bertz CT molecular complexity index is 629. The molecule has 0 bridgehead atoms. The minimum atomic E-state index is -0.126. The van der Waals surface area contributed by atoms with Crippen molar-refractivity contribution >= 4 is 29.3 Å². The highest BCUT2D eigenvalue weighted by atomic mass is 35.5. The van der Waals surface area contributed by atoms with Gasteiger partial charge < -0.3 is 9.32 Å². The Labute approximate surface area is 125 Å². The molecule has 1 fully saturated rings. The van der Waals surface area contributed by atoms with Gasteiger partial charge in [0.15, 0.2) is 0 Å². The number of nitrogens with zero attached hydrogens (tertiary/aromatic N) is 3. The lowest BCUT2D eigenvalue weighted by atomic mass is 10.2. The van der Waals surface area contributed by atoms with Crippen LogP contribution >= 0.6 is 23.4 Å². The first-order chi connectivity index (χ1) is 9.63. The monoisotopic (exact) mass is 309 g/mol. The minimum Gasteiger partial charge on any atom is -0.411 e. The fourth-order valence-electron chi connectivity index (χ4n) is 1.99. The molecule has 1 aliphatic heterocycles. The van der Waals surface area contributed by atoms with Crippen LogP contribution in [-0.2, 0) is 4.79 Å². The van der Waals surface area contributed by atoms with Gasteiger partial charge in [-0.05, 0) is 30.7 Å². The van der Waals surface area contributed by atoms with Crippen molar-refractivity contribution in [3.63, 3.8) is 0 Å². The van der Waals surface area contributed by atoms with Crippen molar-refractivity contribution in [1.82, 2.24) is 15.1 Å². The van der Waals surface area contributed by atoms with Gasteiger partial charge in [-0.15, -0.1) is 10.2 Å². The highest BCUT2D eigenvalue weighted by molar-refractivity contribution is 8.00. The van der Waals surface area contributed by atoms with Crippen LogP contribution < -0.4 is 0 Å². The van der Waals surface area contributed by atoms with E-state index in [9.17, 15) is 4.79 Å². The number of likely N-dealkylation sites (tertiary alicyclic amines) is 1. The van der Waals surface area contributed by atoms with Crippen LogP contribution in [0.5, 0.6) is 0 Å². The van der Waals surface area contributed by atoms with Gasteiger partial charge in [0.05, 0.1) is 5.25 Å². The Hall–Kier alpha value is -1.53. The molecular weight excluding hydrogens is 298 g/mol. The quantitative estimate of drug-likeness (QED) is 0.872. The molecule has 104 valence electrons. The number of thioether (sulfide) groups is 1. The molecule has 5 nitrogen and oxygen atoms in total. The molecule has 0 aliphatic carbocycles. The topological polar surface area (TPSA) is 59.2 Å². The molecule has 1 saturated heterocycles. The summed E-state index contributed by atoms with van der Waals surface area (Å²) in [5.74, 6) is 0.546. The number of aromatic nitrogens is 2. The first-order valence-corrected chi connectivity index (χ1v) is 7.40. The van der Waals surface area contributed by atoms with E-state index >= 15 is 0 Å². The van der Waals surface area contributed by atoms with Crippen molar-refractivity contribution in [2.75, 3.05) is 13.6 Å². The van der Waals surface area contributed by atoms with Gasteiger partial charge in [0.2, 0.25) is 11.8 Å². The van der Waals surface area contributed by atoms with Crippen molar-refractivity contribution in [2.45, 2.75) is 16.9 Å². The Morgan fingerprint density at radius 2 is 2.10 bits per heavy atom. The summed E-state index contributed by atoms with van der Waals surface area (Å²) < 4.78 is 5.58. The number of benzene rings is 1. The molecule has 7 heteroatoms. The van der Waals surface area contributed by atoms with E-state index < -0.39 is 0 Å². The lowest BCUT2D eigenvalue weighted by molar-refractivity contribution is -0.126. The fraction of sp³-hybridized carbons (Fsp3) is 0.308. The molecule has 2 aromatic rings. The molecule has 0 spiro atoms. The smallest absolute Gasteiger partial charge is 0.277 e. The van der Waals surface area contributed by atoms with Gasteiger partial charge >= 0.3 is 0 Å². The highest BCUT2D eigenvalue weighted by Crippen LogP contribution is 2.31. The maximum atomic E-state index is 11.8. The maximum absolute atomic E-state index is 11.8. The van der Waals surface area contributed by atoms with Crippen LogP contribution in [0.2, 0.25) is 5.02 Å². The summed E-state index contributed by atoms with van der Waals surface area (Å²) in [4.78, 5) is 13.5. The molecule has 0 N–H and O–H groups in total. The molecule has 1 aliphatic rings. The number of rotatable bonds is 3. The summed E-state index contributed by atoms with van der Waals surface area (Å²) >= 11 is 7.16. The van der Waals surface area contributed by atoms with Crippen LogP contribution in [0.1, 0.15) is 6.42 Å². The molecule has 1 amide bonds. The maximum Gasteiger partial charge on any atom is 0.277 e. The van der Waals surface area contributed by atoms with Crippen LogP contribution in [-0.4, -0.2) is 39.8 Å². The van der Waals surface area contributed by atoms with Gasteiger partial charge in [0.25, 0.3) is 5.22 Å². The largest absolute Gasteiger partial charge is 0.411 e. The zero-order valence-electron chi connectivity index (χ0n) is 10.7. The van der Waals surface area contributed by atoms with E-state index in [2.05, 4.69) is 10.2 Å². The lowest BCUT2D eigenvalue weighted by Gasteiger charge is -2.07. The predicted molar refractivity (Wildman–Crippen MR) is 76.6 cm³/mol. The molecule has 1 aromatic carbocycles. The summed E-state index contributed by atoms with van der Waals surface area (Å²) in [5, 5.41) is 8.93. The SMILES string of the molecule is CN1CCC(Sc2nnc(-c3ccc(Cl)cc3)o2)C1=O. The molecule has 2 heterocycles. The van der Waals surface area contributed by atoms with Crippen LogP contribution in [0.25, 0.3) is 11.5 Å². The second-order valence-corrected chi connectivity index (χ2v) is 6.13. The second-order valence-electron chi connectivity index (χ2n) is 4.53. The molecule has 0 saturated carbocycles. The van der Waals surface area contributed by atoms with Crippen molar-refractivity contribution in [1.29, 1.82) is 0 Å². The summed E-state index contributed by atoms with van der Waals surface area (Å²) in [6, 6.07) is 7.17. The molecular formula is C13H12ClN3O2S. The number of halogens is 1. The normalized spacial score (nSPS) is 18.8. The van der Waals surface area contributed by atoms with Gasteiger partial charge in [0, 0.05) is 24.2 Å². The summed E-state index contributed by atoms with van der Waals surface area (Å²) in [7, 11) is 1.80. The third kappa shape index (κ3) is 2.66. The summed E-state index contributed by atoms with van der Waals surface area (Å²) in [6.07, 6.45) is 0.804. The average molecular weight is 310 g/mol. The first kappa shape index (κ1) is 13.5. The summed E-state index contributed by atoms with van der Waals surface area (Å²) in [6.45, 7) is 0.772. The average Bonchev–Trinajstić information content (AvgIpc) is 3.02. The van der Waals surface area contributed by atoms with Gasteiger partial charge in [-0.25, -0.2) is 0 Å². The van der Waals surface area contributed by atoms with E-state index in [4.69, 9.17) is 16.0 Å². The van der Waals surface area contributed by atoms with Crippen LogP contribution in [0.4, 0.5) is 0 Å². The van der Waals surface area contributed by atoms with E-state index in [1.54, 1.807) is 24.1 Å². The summed E-state index contributed by atoms with van der Waals surface area (Å²) in [5.41, 5.74) is 0.809. The van der Waals surface area contributed by atoms with Gasteiger partial charge in [-0.3, -0.25) is 4.79 Å². The van der Waals surface area contributed by atoms with Crippen molar-refractivity contribution in [2.24, 2.45) is 0 Å². The van der Waals surface area contributed by atoms with Gasteiger partial charge in [0.1, 0.15) is 0 Å². The second kappa shape index (κ2) is 5.46. The predicted octanol–water partition coefficient (Wildman–Crippen LogP) is 2.71. The van der Waals surface area contributed by atoms with E-state index in [0.717, 1.165) is 18.5 Å². The van der Waals surface area contributed by atoms with E-state index in [1.807, 2.05) is 12.1 Å². The minimum absolute atomic E-state index is 0.112. The zero-order chi connectivity index (χ0) is 14.1. The molecule has 0 radical (unpaired) electrons. The Morgan fingerprint density at radius 1 is 1.35 bits per heavy atom. The molecule has 3 rings (SSSR count). The van der Waals surface area contributed by atoms with Crippen molar-refractivity contribution in [3.8, 4) is 11.5 Å². The van der Waals surface area contributed by atoms with Gasteiger partial charge in [-0.1, -0.05) is 23.4 Å². The van der Waals surface area contributed by atoms with Crippen molar-refractivity contribution < 1.29 is 9.21 Å². The van der Waals surface area contributed by atoms with Gasteiger partial charge in [-0.2, -0.15) is 0 Å². The van der Waals surface area contributed by atoms with E-state index in [0.29, 0.717) is 16.1 Å². The third-order valence-corrected chi connectivity index (χ3v) is 4.46. The number of hydrogen-bond acceptors (Lipinski definition) is 5. The first-order valence-electron chi connectivity index (χ1n) is 6.14. The molecule has 1 atom stereocenters. The zero-order valence-corrected chi connectivity index (χ0v) is 12.3. The van der Waals surface area contributed by atoms with E-state index in [1.165, 1.54) is 11.8 Å². The van der Waals surface area contributed by atoms with Crippen LogP contribution in [0.15, 0.2) is 33.9 Å². The highest BCUT2D eigenvalue weighted by Gasteiger charge is 2.31. The number of amides is 1. The number of carbonyl (C=O) groups is 1. The number of carbonyl (C=O) groups excluding carboxylic acids is 1. The lowest BCUT2D eigenvalue weighted by Crippen LogP contribution is -2.23. The van der Waals surface area contributed by atoms with Crippen molar-refractivity contribution in [3.05, 3.63) is 29.3 Å². The van der Waals surface area contributed by atoms with Crippen LogP contribution in [0.3, 0.4) is 0 Å². The number of hydrogen-bond donors (Lipinski definition) is 0. The molecule has 20 heavy (non-hydrogen) atoms. The fourth-order valence-corrected chi connectivity index (χ4v) is 3.08. The van der Waals surface area contributed by atoms with E-state index in [-0.39, 0.29) is 11.2 Å². The Kier molecular flexibility index (Phi) is 3.67.